The molecular formula is C30H46O4SSi2. The van der Waals surface area contributed by atoms with Crippen molar-refractivity contribution in [3.05, 3.63) is 46.9 Å². The Morgan fingerprint density at radius 2 is 1.65 bits per heavy atom. The van der Waals surface area contributed by atoms with Crippen molar-refractivity contribution < 1.29 is 18.4 Å². The van der Waals surface area contributed by atoms with Crippen molar-refractivity contribution in [1.82, 2.24) is 0 Å². The second kappa shape index (κ2) is 9.74. The molecule has 4 nitrogen and oxygen atoms in total. The molecule has 1 aromatic carbocycles. The lowest BCUT2D eigenvalue weighted by molar-refractivity contribution is -0.151. The van der Waals surface area contributed by atoms with Gasteiger partial charge in [-0.3, -0.25) is 0 Å². The molecule has 1 aromatic heterocycles. The summed E-state index contributed by atoms with van der Waals surface area (Å²) < 4.78 is 21.3. The topological polar surface area (TPSA) is 44.8 Å². The van der Waals surface area contributed by atoms with E-state index in [1.807, 2.05) is 11.3 Å². The molecule has 4 rings (SSSR count). The van der Waals surface area contributed by atoms with Gasteiger partial charge < -0.3 is 13.6 Å². The Morgan fingerprint density at radius 1 is 1.00 bits per heavy atom. The van der Waals surface area contributed by atoms with Crippen LogP contribution >= 0.6 is 11.3 Å². The molecule has 0 N–H and O–H groups in total. The third kappa shape index (κ3) is 5.57. The van der Waals surface area contributed by atoms with Crippen LogP contribution in [0.2, 0.25) is 36.3 Å². The molecule has 1 fully saturated rings. The van der Waals surface area contributed by atoms with Gasteiger partial charge in [0, 0.05) is 11.1 Å². The molecule has 1 aliphatic carbocycles. The molecule has 204 valence electrons. The predicted octanol–water partition coefficient (Wildman–Crippen LogP) is 8.63. The Labute approximate surface area is 230 Å². The lowest BCUT2D eigenvalue weighted by Crippen LogP contribution is -2.54. The third-order valence-corrected chi connectivity index (χ3v) is 19.1. The number of ether oxygens (including phenoxy) is 1. The van der Waals surface area contributed by atoms with Crippen molar-refractivity contribution in [1.29, 1.82) is 0 Å². The number of carbonyl (C=O) groups is 1. The monoisotopic (exact) mass is 558 g/mol. The Hall–Kier alpha value is -1.26. The van der Waals surface area contributed by atoms with Crippen LogP contribution in [0.25, 0.3) is 10.1 Å². The maximum atomic E-state index is 13.4. The number of rotatable bonds is 8. The van der Waals surface area contributed by atoms with E-state index in [9.17, 15) is 4.79 Å². The van der Waals surface area contributed by atoms with E-state index in [-0.39, 0.29) is 28.3 Å². The molecular weight excluding hydrogens is 513 g/mol. The van der Waals surface area contributed by atoms with Crippen molar-refractivity contribution >= 4 is 44.0 Å². The van der Waals surface area contributed by atoms with E-state index in [2.05, 4.69) is 103 Å². The highest BCUT2D eigenvalue weighted by molar-refractivity contribution is 7.17. The predicted molar refractivity (Wildman–Crippen MR) is 160 cm³/mol. The Kier molecular flexibility index (Phi) is 7.56. The fraction of sp³-hybridized carbons (Fsp3) is 0.633. The minimum atomic E-state index is -2.21. The van der Waals surface area contributed by atoms with Crippen LogP contribution in [-0.2, 0) is 24.8 Å². The van der Waals surface area contributed by atoms with Crippen LogP contribution < -0.4 is 0 Å². The highest BCUT2D eigenvalue weighted by atomic mass is 32.1. The summed E-state index contributed by atoms with van der Waals surface area (Å²) in [5.41, 5.74) is 1.61. The fourth-order valence-corrected chi connectivity index (χ4v) is 8.59. The van der Waals surface area contributed by atoms with E-state index in [1.54, 1.807) is 0 Å². The van der Waals surface area contributed by atoms with Gasteiger partial charge in [0.15, 0.2) is 22.2 Å². The number of hydrogen-bond donors (Lipinski definition) is 0. The average Bonchev–Trinajstić information content (AvgIpc) is 3.28. The Morgan fingerprint density at radius 3 is 2.30 bits per heavy atom. The summed E-state index contributed by atoms with van der Waals surface area (Å²) in [6.07, 6.45) is 5.08. The SMILES string of the molecule is CC(C)(C)[Si](C)(C)O[C@@H]1C(CCCc2csc3ccccc23)=C[C@]2(O[Si](C)(C)C(C)(C)C)C[C@H]1OC2=O. The van der Waals surface area contributed by atoms with Gasteiger partial charge in [-0.1, -0.05) is 59.7 Å². The van der Waals surface area contributed by atoms with Crippen molar-refractivity contribution in [3.8, 4) is 0 Å². The molecule has 2 heterocycles. The first-order valence-corrected chi connectivity index (χ1v) is 20.4. The first-order chi connectivity index (χ1) is 17.0. The van der Waals surface area contributed by atoms with Gasteiger partial charge >= 0.3 is 5.97 Å². The zero-order chi connectivity index (χ0) is 27.4. The van der Waals surface area contributed by atoms with Crippen LogP contribution in [0.15, 0.2) is 41.3 Å². The molecule has 37 heavy (non-hydrogen) atoms. The summed E-state index contributed by atoms with van der Waals surface area (Å²) in [5.74, 6) is -0.231. The van der Waals surface area contributed by atoms with E-state index >= 15 is 0 Å². The van der Waals surface area contributed by atoms with Crippen LogP contribution in [0.1, 0.15) is 66.4 Å². The molecule has 0 unspecified atom stereocenters. The Balaban J connectivity index is 1.64. The van der Waals surface area contributed by atoms with E-state index in [1.165, 1.54) is 21.2 Å². The number of fused-ring (bicyclic) bond motifs is 3. The number of aryl methyl sites for hydroxylation is 1. The molecule has 2 bridgehead atoms. The van der Waals surface area contributed by atoms with Gasteiger partial charge in [0.1, 0.15) is 12.2 Å². The van der Waals surface area contributed by atoms with Crippen molar-refractivity contribution in [2.24, 2.45) is 0 Å². The maximum Gasteiger partial charge on any atom is 0.341 e. The molecule has 0 saturated carbocycles. The zero-order valence-corrected chi connectivity index (χ0v) is 27.3. The van der Waals surface area contributed by atoms with E-state index in [0.717, 1.165) is 19.3 Å². The molecule has 1 aliphatic heterocycles. The lowest BCUT2D eigenvalue weighted by Gasteiger charge is -2.45. The minimum Gasteiger partial charge on any atom is -0.457 e. The van der Waals surface area contributed by atoms with Gasteiger partial charge in [-0.25, -0.2) is 4.79 Å². The number of carbonyl (C=O) groups excluding carboxylic acids is 1. The van der Waals surface area contributed by atoms with Crippen molar-refractivity contribution in [2.45, 2.75) is 121 Å². The standard InChI is InChI=1S/C30H46O4SSi2/c1-28(2,3)36(7,8)33-26-21(14-13-15-22-20-35-25-17-12-11-16-23(22)25)18-30(19-24(26)32-27(30)31)34-37(9,10)29(4,5)6/h11-12,16-18,20,24,26H,13-15,19H2,1-10H3/t24-,26-,30+/m1/s1. The van der Waals surface area contributed by atoms with Gasteiger partial charge in [-0.05, 0) is 89.6 Å². The van der Waals surface area contributed by atoms with E-state index in [0.29, 0.717) is 6.42 Å². The fourth-order valence-electron chi connectivity index (χ4n) is 4.86. The molecule has 0 spiro atoms. The molecule has 0 radical (unpaired) electrons. The van der Waals surface area contributed by atoms with Crippen LogP contribution in [0.3, 0.4) is 0 Å². The van der Waals surface area contributed by atoms with Crippen LogP contribution in [-0.4, -0.2) is 40.4 Å². The summed E-state index contributed by atoms with van der Waals surface area (Å²) in [4.78, 5) is 13.4. The normalized spacial score (nSPS) is 24.9. The summed E-state index contributed by atoms with van der Waals surface area (Å²) >= 11 is 1.82. The second-order valence-electron chi connectivity index (χ2n) is 14.0. The smallest absolute Gasteiger partial charge is 0.341 e. The Bertz CT molecular complexity index is 1180. The number of thiophene rings is 1. The average molecular weight is 559 g/mol. The number of hydrogen-bond acceptors (Lipinski definition) is 5. The highest BCUT2D eigenvalue weighted by Crippen LogP contribution is 2.49. The van der Waals surface area contributed by atoms with Crippen LogP contribution in [0.5, 0.6) is 0 Å². The second-order valence-corrected chi connectivity index (χ2v) is 24.4. The summed E-state index contributed by atoms with van der Waals surface area (Å²) in [7, 11) is -4.30. The van der Waals surface area contributed by atoms with Crippen molar-refractivity contribution in [3.63, 3.8) is 0 Å². The zero-order valence-electron chi connectivity index (χ0n) is 24.5. The lowest BCUT2D eigenvalue weighted by atomic mass is 9.83. The molecule has 0 amide bonds. The first-order valence-electron chi connectivity index (χ1n) is 13.7. The maximum absolute atomic E-state index is 13.4. The first kappa shape index (κ1) is 28.7. The van der Waals surface area contributed by atoms with Crippen LogP contribution in [0.4, 0.5) is 0 Å². The van der Waals surface area contributed by atoms with Gasteiger partial charge in [0.25, 0.3) is 0 Å². The van der Waals surface area contributed by atoms with Gasteiger partial charge in [0.05, 0.1) is 0 Å². The largest absolute Gasteiger partial charge is 0.457 e. The number of esters is 1. The van der Waals surface area contributed by atoms with Gasteiger partial charge in [-0.15, -0.1) is 11.3 Å². The molecule has 2 aliphatic rings. The van der Waals surface area contributed by atoms with Gasteiger partial charge in [-0.2, -0.15) is 0 Å². The summed E-state index contributed by atoms with van der Waals surface area (Å²) in [5, 5.41) is 3.73. The molecule has 2 aromatic rings. The minimum absolute atomic E-state index is 0.00259. The molecule has 1 saturated heterocycles. The van der Waals surface area contributed by atoms with E-state index in [4.69, 9.17) is 13.6 Å². The molecule has 7 heteroatoms. The molecule has 3 atom stereocenters. The third-order valence-electron chi connectivity index (χ3n) is 9.17. The summed E-state index contributed by atoms with van der Waals surface area (Å²) in [6.45, 7) is 22.4. The quantitative estimate of drug-likeness (QED) is 0.185. The van der Waals surface area contributed by atoms with Crippen molar-refractivity contribution in [2.75, 3.05) is 0 Å². The van der Waals surface area contributed by atoms with Gasteiger partial charge in [0.2, 0.25) is 0 Å². The van der Waals surface area contributed by atoms with E-state index < -0.39 is 22.2 Å². The van der Waals surface area contributed by atoms with Crippen LogP contribution in [0, 0.1) is 0 Å². The summed E-state index contributed by atoms with van der Waals surface area (Å²) in [6, 6.07) is 8.64. The number of benzene rings is 1. The highest BCUT2D eigenvalue weighted by Gasteiger charge is 2.59.